The molecule has 0 atom stereocenters. The monoisotopic (exact) mass is 719 g/mol. The van der Waals surface area contributed by atoms with E-state index in [0.717, 1.165) is 61.3 Å². The normalized spacial score (nSPS) is 11.6. The Morgan fingerprint density at radius 1 is 0.364 bits per heavy atom. The van der Waals surface area contributed by atoms with Gasteiger partial charge in [-0.2, -0.15) is 0 Å². The van der Waals surface area contributed by atoms with Crippen LogP contribution in [0, 0.1) is 0 Å². The maximum atomic E-state index is 6.43. The number of hydrogen-bond acceptors (Lipinski definition) is 3. The fourth-order valence-corrected chi connectivity index (χ4v) is 9.52. The van der Waals surface area contributed by atoms with Gasteiger partial charge in [0.25, 0.3) is 0 Å². The maximum Gasteiger partial charge on any atom is 0.136 e. The minimum Gasteiger partial charge on any atom is -0.456 e. The van der Waals surface area contributed by atoms with E-state index in [9.17, 15) is 0 Å². The third-order valence-corrected chi connectivity index (χ3v) is 12.0. The summed E-state index contributed by atoms with van der Waals surface area (Å²) in [4.78, 5) is 2.48. The van der Waals surface area contributed by atoms with Gasteiger partial charge in [-0.15, -0.1) is 11.3 Å². The molecule has 0 spiro atoms. The van der Waals surface area contributed by atoms with E-state index in [1.54, 1.807) is 0 Å². The first-order valence-electron chi connectivity index (χ1n) is 18.7. The van der Waals surface area contributed by atoms with Gasteiger partial charge in [-0.3, -0.25) is 0 Å². The topological polar surface area (TPSA) is 16.4 Å². The van der Waals surface area contributed by atoms with Crippen molar-refractivity contribution in [3.63, 3.8) is 0 Å². The number of nitrogens with zero attached hydrogens (tertiary/aromatic N) is 1. The number of rotatable bonds is 6. The summed E-state index contributed by atoms with van der Waals surface area (Å²) >= 11 is 1.85. The van der Waals surface area contributed by atoms with E-state index in [4.69, 9.17) is 4.42 Å². The Hall–Kier alpha value is -6.94. The molecule has 0 amide bonds. The highest BCUT2D eigenvalue weighted by molar-refractivity contribution is 7.25. The Kier molecular flexibility index (Phi) is 7.39. The number of furan rings is 1. The molecule has 2 aromatic heterocycles. The van der Waals surface area contributed by atoms with E-state index < -0.39 is 0 Å². The molecule has 258 valence electrons. The van der Waals surface area contributed by atoms with Gasteiger partial charge >= 0.3 is 0 Å². The molecule has 0 fully saturated rings. The van der Waals surface area contributed by atoms with Gasteiger partial charge in [-0.25, -0.2) is 0 Å². The summed E-state index contributed by atoms with van der Waals surface area (Å²) in [5.41, 5.74) is 12.0. The lowest BCUT2D eigenvalue weighted by Gasteiger charge is -2.30. The molecule has 2 heterocycles. The highest BCUT2D eigenvalue weighted by Crippen LogP contribution is 2.49. The predicted octanol–water partition coefficient (Wildman–Crippen LogP) is 15.6. The summed E-state index contributed by atoms with van der Waals surface area (Å²) < 4.78 is 8.98. The molecule has 0 aliphatic carbocycles. The van der Waals surface area contributed by atoms with Crippen molar-refractivity contribution in [2.24, 2.45) is 0 Å². The zero-order chi connectivity index (χ0) is 36.3. The number of hydrogen-bond donors (Lipinski definition) is 0. The number of thiophene rings is 1. The number of para-hydroxylation sites is 2. The highest BCUT2D eigenvalue weighted by atomic mass is 32.1. The summed E-state index contributed by atoms with van der Waals surface area (Å²) in [5, 5.41) is 7.27. The summed E-state index contributed by atoms with van der Waals surface area (Å²) in [7, 11) is 0. The van der Waals surface area contributed by atoms with Crippen LogP contribution in [-0.2, 0) is 0 Å². The molecule has 55 heavy (non-hydrogen) atoms. The molecule has 11 aromatic rings. The van der Waals surface area contributed by atoms with E-state index in [-0.39, 0.29) is 0 Å². The molecular formula is C52H33NOS. The molecule has 0 saturated carbocycles. The first-order chi connectivity index (χ1) is 27.3. The average molecular weight is 720 g/mol. The van der Waals surface area contributed by atoms with Crippen LogP contribution in [0.2, 0.25) is 0 Å². The van der Waals surface area contributed by atoms with Gasteiger partial charge in [0.2, 0.25) is 0 Å². The zero-order valence-electron chi connectivity index (χ0n) is 29.8. The maximum absolute atomic E-state index is 6.43. The summed E-state index contributed by atoms with van der Waals surface area (Å²) in [6.45, 7) is 0. The smallest absolute Gasteiger partial charge is 0.136 e. The average Bonchev–Trinajstić information content (AvgIpc) is 3.82. The van der Waals surface area contributed by atoms with E-state index in [1.807, 2.05) is 17.4 Å². The van der Waals surface area contributed by atoms with Gasteiger partial charge in [0.1, 0.15) is 11.2 Å². The van der Waals surface area contributed by atoms with Crippen molar-refractivity contribution in [3.05, 3.63) is 200 Å². The highest BCUT2D eigenvalue weighted by Gasteiger charge is 2.24. The largest absolute Gasteiger partial charge is 0.456 e. The van der Waals surface area contributed by atoms with Gasteiger partial charge in [-0.1, -0.05) is 158 Å². The van der Waals surface area contributed by atoms with Gasteiger partial charge in [0, 0.05) is 47.8 Å². The molecule has 2 nitrogen and oxygen atoms in total. The lowest BCUT2D eigenvalue weighted by atomic mass is 9.93. The standard InChI is InChI=1S/C52H33NOS/c1-2-14-35(15-3-1)40-30-28-36(39-22-12-17-34-16-4-5-18-38(34)39)32-47(40)53(37-29-31-43-42-20-8-11-27-50(42)55-51(43)33-37)46-24-9-6-19-41(46)44-23-13-26-49-52(44)45-21-7-10-25-48(45)54-49/h1-33H. The van der Waals surface area contributed by atoms with Crippen LogP contribution >= 0.6 is 11.3 Å². The van der Waals surface area contributed by atoms with Crippen molar-refractivity contribution >= 4 is 81.3 Å². The van der Waals surface area contributed by atoms with Crippen LogP contribution in [0.5, 0.6) is 0 Å². The van der Waals surface area contributed by atoms with Crippen LogP contribution in [0.1, 0.15) is 0 Å². The summed E-state index contributed by atoms with van der Waals surface area (Å²) in [6, 6.07) is 72.4. The van der Waals surface area contributed by atoms with Crippen LogP contribution in [0.15, 0.2) is 205 Å². The van der Waals surface area contributed by atoms with Crippen molar-refractivity contribution in [2.45, 2.75) is 0 Å². The number of fused-ring (bicyclic) bond motifs is 7. The second kappa shape index (κ2) is 12.9. The first kappa shape index (κ1) is 31.6. The van der Waals surface area contributed by atoms with Gasteiger partial charge in [0.15, 0.2) is 0 Å². The van der Waals surface area contributed by atoms with E-state index in [2.05, 4.69) is 199 Å². The van der Waals surface area contributed by atoms with Crippen LogP contribution in [0.4, 0.5) is 17.1 Å². The molecule has 3 heteroatoms. The fraction of sp³-hybridized carbons (Fsp3) is 0. The molecule has 0 bridgehead atoms. The minimum absolute atomic E-state index is 0.884. The Bertz CT molecular complexity index is 3220. The molecule has 0 aliphatic rings. The zero-order valence-corrected chi connectivity index (χ0v) is 30.6. The Labute approximate surface area is 322 Å². The second-order valence-electron chi connectivity index (χ2n) is 14.0. The molecule has 0 aliphatic heterocycles. The number of benzene rings is 9. The van der Waals surface area contributed by atoms with Crippen molar-refractivity contribution in [2.75, 3.05) is 4.90 Å². The SMILES string of the molecule is c1ccc(-c2ccc(-c3cccc4ccccc34)cc2N(c2ccc3c(c2)sc2ccccc23)c2ccccc2-c2cccc3oc4ccccc4c23)cc1. The first-order valence-corrected chi connectivity index (χ1v) is 19.5. The molecule has 11 rings (SSSR count). The van der Waals surface area contributed by atoms with E-state index in [1.165, 1.54) is 42.1 Å². The van der Waals surface area contributed by atoms with Crippen LogP contribution in [-0.4, -0.2) is 0 Å². The third kappa shape index (κ3) is 5.24. The third-order valence-electron chi connectivity index (χ3n) is 10.9. The second-order valence-corrected chi connectivity index (χ2v) is 15.1. The summed E-state index contributed by atoms with van der Waals surface area (Å²) in [6.07, 6.45) is 0. The molecular weight excluding hydrogens is 687 g/mol. The molecule has 0 radical (unpaired) electrons. The predicted molar refractivity (Wildman–Crippen MR) is 235 cm³/mol. The molecule has 0 saturated heterocycles. The van der Waals surface area contributed by atoms with Gasteiger partial charge in [-0.05, 0) is 75.5 Å². The van der Waals surface area contributed by atoms with Crippen LogP contribution < -0.4 is 4.90 Å². The lowest BCUT2D eigenvalue weighted by Crippen LogP contribution is -2.12. The molecule has 0 unspecified atom stereocenters. The summed E-state index contributed by atoms with van der Waals surface area (Å²) in [5.74, 6) is 0. The van der Waals surface area contributed by atoms with E-state index in [0.29, 0.717) is 0 Å². The van der Waals surface area contributed by atoms with Crippen LogP contribution in [0.25, 0.3) is 86.3 Å². The van der Waals surface area contributed by atoms with Crippen molar-refractivity contribution in [3.8, 4) is 33.4 Å². The van der Waals surface area contributed by atoms with Crippen LogP contribution in [0.3, 0.4) is 0 Å². The van der Waals surface area contributed by atoms with Crippen molar-refractivity contribution < 1.29 is 4.42 Å². The quantitative estimate of drug-likeness (QED) is 0.170. The Morgan fingerprint density at radius 3 is 1.96 bits per heavy atom. The molecule has 9 aromatic carbocycles. The van der Waals surface area contributed by atoms with Gasteiger partial charge < -0.3 is 9.32 Å². The lowest BCUT2D eigenvalue weighted by molar-refractivity contribution is 0.669. The minimum atomic E-state index is 0.884. The Balaban J connectivity index is 1.23. The van der Waals surface area contributed by atoms with Gasteiger partial charge in [0.05, 0.1) is 11.4 Å². The molecule has 0 N–H and O–H groups in total. The van der Waals surface area contributed by atoms with Crippen molar-refractivity contribution in [1.82, 2.24) is 0 Å². The fourth-order valence-electron chi connectivity index (χ4n) is 8.38. The number of anilines is 3. The van der Waals surface area contributed by atoms with Crippen molar-refractivity contribution in [1.29, 1.82) is 0 Å². The van der Waals surface area contributed by atoms with E-state index >= 15 is 0 Å². The Morgan fingerprint density at radius 2 is 1.04 bits per heavy atom.